The van der Waals surface area contributed by atoms with Crippen molar-refractivity contribution in [2.75, 3.05) is 58.4 Å². The Kier molecular flexibility index (Phi) is 9.99. The van der Waals surface area contributed by atoms with Crippen LogP contribution in [0.2, 0.25) is 0 Å². The van der Waals surface area contributed by atoms with Crippen LogP contribution in [0, 0.1) is 5.92 Å². The molecule has 0 atom stereocenters. The first-order chi connectivity index (χ1) is 14.0. The zero-order chi connectivity index (χ0) is 21.0. The summed E-state index contributed by atoms with van der Waals surface area (Å²) >= 11 is 0. The van der Waals surface area contributed by atoms with Crippen LogP contribution in [-0.2, 0) is 15.7 Å². The maximum absolute atomic E-state index is 12.9. The first-order valence-electron chi connectivity index (χ1n) is 9.87. The van der Waals surface area contributed by atoms with Gasteiger partial charge in [-0.25, -0.2) is 4.98 Å². The van der Waals surface area contributed by atoms with Gasteiger partial charge in [0.1, 0.15) is 5.82 Å². The average molecular weight is 417 g/mol. The van der Waals surface area contributed by atoms with Crippen molar-refractivity contribution in [1.29, 1.82) is 0 Å². The summed E-state index contributed by atoms with van der Waals surface area (Å²) in [4.78, 5) is 7.87. The van der Waals surface area contributed by atoms with Crippen LogP contribution in [-0.4, -0.2) is 64.1 Å². The number of nitrogens with zero attached hydrogens (tertiary/aromatic N) is 2. The Labute approximate surface area is 169 Å². The minimum absolute atomic E-state index is 0.175. The van der Waals surface area contributed by atoms with Gasteiger partial charge in [-0.15, -0.1) is 0 Å². The maximum Gasteiger partial charge on any atom is 0.419 e. The molecule has 0 radical (unpaired) electrons. The fourth-order valence-corrected chi connectivity index (χ4v) is 2.90. The SMILES string of the molecule is CN=C(NCCCOCC1CCOCC1)NCCNc1ncccc1C(F)(F)F. The molecule has 1 aromatic heterocycles. The highest BCUT2D eigenvalue weighted by atomic mass is 19.4. The zero-order valence-electron chi connectivity index (χ0n) is 16.7. The van der Waals surface area contributed by atoms with Crippen LogP contribution in [0.25, 0.3) is 0 Å². The molecule has 2 rings (SSSR count). The molecule has 10 heteroatoms. The summed E-state index contributed by atoms with van der Waals surface area (Å²) in [6.45, 7) is 4.45. The number of ether oxygens (including phenoxy) is 2. The molecule has 0 bridgehead atoms. The quantitative estimate of drug-likeness (QED) is 0.308. The van der Waals surface area contributed by atoms with Gasteiger partial charge in [-0.05, 0) is 37.3 Å². The Morgan fingerprint density at radius 3 is 2.72 bits per heavy atom. The van der Waals surface area contributed by atoms with Gasteiger partial charge in [-0.3, -0.25) is 4.99 Å². The first-order valence-corrected chi connectivity index (χ1v) is 9.87. The van der Waals surface area contributed by atoms with Gasteiger partial charge in [0, 0.05) is 59.3 Å². The lowest BCUT2D eigenvalue weighted by atomic mass is 10.0. The topological polar surface area (TPSA) is 79.8 Å². The number of alkyl halides is 3. The summed E-state index contributed by atoms with van der Waals surface area (Å²) in [5.74, 6) is 1.01. The van der Waals surface area contributed by atoms with Crippen molar-refractivity contribution >= 4 is 11.8 Å². The summed E-state index contributed by atoms with van der Waals surface area (Å²) in [6.07, 6.45) is -0.146. The van der Waals surface area contributed by atoms with Crippen LogP contribution in [0.3, 0.4) is 0 Å². The number of hydrogen-bond donors (Lipinski definition) is 3. The number of aliphatic imine (C=N–C) groups is 1. The van der Waals surface area contributed by atoms with Gasteiger partial charge in [0.15, 0.2) is 5.96 Å². The Bertz CT molecular complexity index is 622. The monoisotopic (exact) mass is 417 g/mol. The Hall–Kier alpha value is -2.07. The van der Waals surface area contributed by atoms with E-state index in [1.54, 1.807) is 7.05 Å². The molecule has 1 aliphatic rings. The first kappa shape index (κ1) is 23.2. The van der Waals surface area contributed by atoms with E-state index in [4.69, 9.17) is 9.47 Å². The largest absolute Gasteiger partial charge is 0.419 e. The van der Waals surface area contributed by atoms with E-state index in [2.05, 4.69) is 25.9 Å². The smallest absolute Gasteiger partial charge is 0.381 e. The van der Waals surface area contributed by atoms with Crippen LogP contribution in [0.4, 0.5) is 19.0 Å². The second-order valence-electron chi connectivity index (χ2n) is 6.73. The van der Waals surface area contributed by atoms with E-state index in [0.29, 0.717) is 31.6 Å². The molecule has 0 aliphatic carbocycles. The van der Waals surface area contributed by atoms with Gasteiger partial charge < -0.3 is 25.4 Å². The van der Waals surface area contributed by atoms with Gasteiger partial charge in [-0.1, -0.05) is 0 Å². The standard InChI is InChI=1S/C19H30F3N5O2/c1-23-18(26-8-3-11-29-14-15-5-12-28-13-6-15)27-10-9-25-17-16(19(20,21)22)4-2-7-24-17/h2,4,7,15H,3,5-6,8-14H2,1H3,(H,24,25)(H2,23,26,27). The van der Waals surface area contributed by atoms with Crippen molar-refractivity contribution in [2.24, 2.45) is 10.9 Å². The van der Waals surface area contributed by atoms with Crippen molar-refractivity contribution in [3.8, 4) is 0 Å². The average Bonchev–Trinajstić information content (AvgIpc) is 2.72. The molecule has 2 heterocycles. The van der Waals surface area contributed by atoms with Crippen molar-refractivity contribution in [3.05, 3.63) is 23.9 Å². The summed E-state index contributed by atoms with van der Waals surface area (Å²) in [7, 11) is 1.64. The molecule has 3 N–H and O–H groups in total. The molecule has 1 aromatic rings. The number of rotatable bonds is 10. The van der Waals surface area contributed by atoms with Crippen molar-refractivity contribution in [3.63, 3.8) is 0 Å². The number of aromatic nitrogens is 1. The Morgan fingerprint density at radius 1 is 1.24 bits per heavy atom. The Morgan fingerprint density at radius 2 is 2.00 bits per heavy atom. The normalized spacial score (nSPS) is 15.9. The highest BCUT2D eigenvalue weighted by Crippen LogP contribution is 2.33. The van der Waals surface area contributed by atoms with Crippen molar-refractivity contribution in [1.82, 2.24) is 15.6 Å². The second-order valence-corrected chi connectivity index (χ2v) is 6.73. The molecule has 1 fully saturated rings. The number of anilines is 1. The van der Waals surface area contributed by atoms with Gasteiger partial charge in [0.2, 0.25) is 0 Å². The lowest BCUT2D eigenvalue weighted by Crippen LogP contribution is -2.40. The van der Waals surface area contributed by atoms with E-state index in [0.717, 1.165) is 45.1 Å². The van der Waals surface area contributed by atoms with E-state index in [1.165, 1.54) is 12.3 Å². The molecule has 0 saturated carbocycles. The predicted octanol–water partition coefficient (Wildman–Crippen LogP) is 2.51. The summed E-state index contributed by atoms with van der Waals surface area (Å²) < 4.78 is 49.8. The minimum atomic E-state index is -4.44. The van der Waals surface area contributed by atoms with Gasteiger partial charge in [-0.2, -0.15) is 13.2 Å². The summed E-state index contributed by atoms with van der Waals surface area (Å²) in [6, 6.07) is 2.28. The minimum Gasteiger partial charge on any atom is -0.381 e. The van der Waals surface area contributed by atoms with Gasteiger partial charge in [0.25, 0.3) is 0 Å². The van der Waals surface area contributed by atoms with E-state index in [9.17, 15) is 13.2 Å². The number of hydrogen-bond acceptors (Lipinski definition) is 5. The molecule has 0 unspecified atom stereocenters. The number of pyridine rings is 1. The number of halogens is 3. The van der Waals surface area contributed by atoms with E-state index in [1.807, 2.05) is 0 Å². The molecule has 164 valence electrons. The highest BCUT2D eigenvalue weighted by Gasteiger charge is 2.33. The second kappa shape index (κ2) is 12.5. The van der Waals surface area contributed by atoms with Crippen LogP contribution in [0.15, 0.2) is 23.3 Å². The molecule has 0 aromatic carbocycles. The fourth-order valence-electron chi connectivity index (χ4n) is 2.90. The molecule has 1 saturated heterocycles. The molecular weight excluding hydrogens is 387 g/mol. The number of guanidine groups is 1. The lowest BCUT2D eigenvalue weighted by Gasteiger charge is -2.21. The van der Waals surface area contributed by atoms with Crippen LogP contribution >= 0.6 is 0 Å². The van der Waals surface area contributed by atoms with Crippen LogP contribution in [0.1, 0.15) is 24.8 Å². The zero-order valence-corrected chi connectivity index (χ0v) is 16.7. The summed E-state index contributed by atoms with van der Waals surface area (Å²) in [5.41, 5.74) is -0.775. The van der Waals surface area contributed by atoms with E-state index >= 15 is 0 Å². The van der Waals surface area contributed by atoms with Gasteiger partial charge in [0.05, 0.1) is 5.56 Å². The molecule has 0 amide bonds. The van der Waals surface area contributed by atoms with Crippen LogP contribution in [0.5, 0.6) is 0 Å². The number of nitrogens with one attached hydrogen (secondary N) is 3. The molecule has 0 spiro atoms. The third kappa shape index (κ3) is 8.86. The predicted molar refractivity (Wildman–Crippen MR) is 106 cm³/mol. The fraction of sp³-hybridized carbons (Fsp3) is 0.684. The maximum atomic E-state index is 12.9. The van der Waals surface area contributed by atoms with Crippen molar-refractivity contribution < 1.29 is 22.6 Å². The van der Waals surface area contributed by atoms with Crippen molar-refractivity contribution in [2.45, 2.75) is 25.4 Å². The molecule has 29 heavy (non-hydrogen) atoms. The van der Waals surface area contributed by atoms with E-state index < -0.39 is 11.7 Å². The lowest BCUT2D eigenvalue weighted by molar-refractivity contribution is -0.137. The molecular formula is C19H30F3N5O2. The molecule has 1 aliphatic heterocycles. The third-order valence-electron chi connectivity index (χ3n) is 4.50. The van der Waals surface area contributed by atoms with Crippen LogP contribution < -0.4 is 16.0 Å². The molecule has 7 nitrogen and oxygen atoms in total. The third-order valence-corrected chi connectivity index (χ3v) is 4.50. The summed E-state index contributed by atoms with van der Waals surface area (Å²) in [5, 5.41) is 8.92. The Balaban J connectivity index is 1.56. The van der Waals surface area contributed by atoms with E-state index in [-0.39, 0.29) is 12.4 Å². The van der Waals surface area contributed by atoms with Gasteiger partial charge >= 0.3 is 6.18 Å². The highest BCUT2D eigenvalue weighted by molar-refractivity contribution is 5.79.